The molecule has 1 nitrogen and oxygen atoms in total. The third-order valence-electron chi connectivity index (χ3n) is 2.98. The fourth-order valence-electron chi connectivity index (χ4n) is 2.43. The normalized spacial score (nSPS) is 38.1. The zero-order valence-electron chi connectivity index (χ0n) is 6.77. The fraction of sp³-hybridized carbons (Fsp3) is 0.778. The molecule has 2 heterocycles. The highest BCUT2D eigenvalue weighted by Crippen LogP contribution is 2.41. The van der Waals surface area contributed by atoms with Crippen molar-refractivity contribution in [2.45, 2.75) is 24.8 Å². The molecule has 0 aliphatic carbocycles. The Hall–Kier alpha value is 0.430. The fourth-order valence-corrected chi connectivity index (χ4v) is 3.56. The second-order valence-corrected chi connectivity index (χ2v) is 4.57. The average Bonchev–Trinajstić information content (AvgIpc) is 2.43. The molecule has 2 saturated heterocycles. The number of alkyl halides is 1. The molecule has 2 aliphatic rings. The lowest BCUT2D eigenvalue weighted by molar-refractivity contribution is 0.227. The van der Waals surface area contributed by atoms with Gasteiger partial charge in [-0.15, -0.1) is 0 Å². The van der Waals surface area contributed by atoms with Gasteiger partial charge in [-0.25, -0.2) is 0 Å². The Labute approximate surface area is 82.0 Å². The van der Waals surface area contributed by atoms with Crippen LogP contribution in [-0.4, -0.2) is 28.0 Å². The van der Waals surface area contributed by atoms with Gasteiger partial charge in [-0.3, -0.25) is 4.90 Å². The largest absolute Gasteiger partial charge is 0.293 e. The molecule has 0 aromatic carbocycles. The van der Waals surface area contributed by atoms with Crippen molar-refractivity contribution in [1.82, 2.24) is 4.90 Å². The molecule has 2 rings (SSSR count). The van der Waals surface area contributed by atoms with E-state index in [9.17, 15) is 0 Å². The standard InChI is InChI=1S/C9H14IN/c1-8-5-9(7-10)3-2-4-11(9)6-8/h1-7H2/t9-/m0/s1. The number of fused-ring (bicyclic) bond motifs is 1. The van der Waals surface area contributed by atoms with Crippen LogP contribution in [0.3, 0.4) is 0 Å². The van der Waals surface area contributed by atoms with Crippen LogP contribution in [0.15, 0.2) is 12.2 Å². The van der Waals surface area contributed by atoms with Crippen molar-refractivity contribution in [2.75, 3.05) is 17.5 Å². The van der Waals surface area contributed by atoms with Gasteiger partial charge >= 0.3 is 0 Å². The minimum absolute atomic E-state index is 0.539. The van der Waals surface area contributed by atoms with Crippen LogP contribution in [0.25, 0.3) is 0 Å². The Bertz CT molecular complexity index is 190. The van der Waals surface area contributed by atoms with Gasteiger partial charge in [0.15, 0.2) is 0 Å². The lowest BCUT2D eigenvalue weighted by Crippen LogP contribution is -2.39. The van der Waals surface area contributed by atoms with Gasteiger partial charge < -0.3 is 0 Å². The quantitative estimate of drug-likeness (QED) is 0.398. The SMILES string of the molecule is C=C1CN2CCC[C@@]2(CI)C1. The number of rotatable bonds is 1. The lowest BCUT2D eigenvalue weighted by atomic mass is 9.96. The molecular formula is C9H14IN. The maximum absolute atomic E-state index is 4.08. The van der Waals surface area contributed by atoms with E-state index < -0.39 is 0 Å². The van der Waals surface area contributed by atoms with E-state index in [1.165, 1.54) is 42.4 Å². The van der Waals surface area contributed by atoms with Crippen LogP contribution >= 0.6 is 22.6 Å². The Morgan fingerprint density at radius 3 is 3.09 bits per heavy atom. The third-order valence-corrected chi connectivity index (χ3v) is 4.40. The van der Waals surface area contributed by atoms with Gasteiger partial charge in [-0.2, -0.15) is 0 Å². The second-order valence-electron chi connectivity index (χ2n) is 3.81. The summed E-state index contributed by atoms with van der Waals surface area (Å²) >= 11 is 2.52. The minimum Gasteiger partial charge on any atom is -0.293 e. The van der Waals surface area contributed by atoms with Crippen LogP contribution in [0.2, 0.25) is 0 Å². The van der Waals surface area contributed by atoms with Crippen molar-refractivity contribution in [3.63, 3.8) is 0 Å². The Morgan fingerprint density at radius 1 is 1.64 bits per heavy atom. The van der Waals surface area contributed by atoms with Crippen LogP contribution in [0, 0.1) is 0 Å². The Balaban J connectivity index is 2.21. The van der Waals surface area contributed by atoms with E-state index in [-0.39, 0.29) is 0 Å². The molecule has 0 aromatic rings. The number of halogens is 1. The van der Waals surface area contributed by atoms with Crippen LogP contribution in [0.1, 0.15) is 19.3 Å². The van der Waals surface area contributed by atoms with Crippen molar-refractivity contribution in [1.29, 1.82) is 0 Å². The van der Waals surface area contributed by atoms with Gasteiger partial charge in [0, 0.05) is 16.5 Å². The van der Waals surface area contributed by atoms with Crippen molar-refractivity contribution >= 4 is 22.6 Å². The van der Waals surface area contributed by atoms with Gasteiger partial charge in [0.1, 0.15) is 0 Å². The van der Waals surface area contributed by atoms with E-state index in [0.717, 1.165) is 0 Å². The van der Waals surface area contributed by atoms with Gasteiger partial charge in [0.25, 0.3) is 0 Å². The molecule has 11 heavy (non-hydrogen) atoms. The molecule has 2 aliphatic heterocycles. The molecule has 0 unspecified atom stereocenters. The Morgan fingerprint density at radius 2 is 2.45 bits per heavy atom. The van der Waals surface area contributed by atoms with Crippen molar-refractivity contribution in [2.24, 2.45) is 0 Å². The molecular weight excluding hydrogens is 249 g/mol. The first-order valence-corrected chi connectivity index (χ1v) is 5.77. The van der Waals surface area contributed by atoms with Gasteiger partial charge in [-0.1, -0.05) is 34.7 Å². The smallest absolute Gasteiger partial charge is 0.0340 e. The summed E-state index contributed by atoms with van der Waals surface area (Å²) < 4.78 is 1.28. The molecule has 1 atom stereocenters. The molecule has 0 spiro atoms. The van der Waals surface area contributed by atoms with Gasteiger partial charge in [-0.05, 0) is 25.8 Å². The predicted molar refractivity (Wildman–Crippen MR) is 56.2 cm³/mol. The summed E-state index contributed by atoms with van der Waals surface area (Å²) in [6.45, 7) is 6.56. The predicted octanol–water partition coefficient (Wildman–Crippen LogP) is 2.22. The first kappa shape index (κ1) is 8.05. The first-order chi connectivity index (χ1) is 5.27. The third kappa shape index (κ3) is 1.15. The van der Waals surface area contributed by atoms with E-state index in [1.54, 1.807) is 0 Å². The number of hydrogen-bond donors (Lipinski definition) is 0. The molecule has 0 N–H and O–H groups in total. The molecule has 2 fully saturated rings. The maximum Gasteiger partial charge on any atom is 0.0340 e. The van der Waals surface area contributed by atoms with E-state index >= 15 is 0 Å². The summed E-state index contributed by atoms with van der Waals surface area (Å²) in [5.74, 6) is 0. The molecule has 0 aromatic heterocycles. The summed E-state index contributed by atoms with van der Waals surface area (Å²) in [6, 6.07) is 0. The van der Waals surface area contributed by atoms with E-state index in [0.29, 0.717) is 5.54 Å². The molecule has 0 bridgehead atoms. The highest BCUT2D eigenvalue weighted by Gasteiger charge is 2.44. The summed E-state index contributed by atoms with van der Waals surface area (Å²) in [5.41, 5.74) is 1.99. The molecule has 62 valence electrons. The maximum atomic E-state index is 4.08. The van der Waals surface area contributed by atoms with Crippen LogP contribution < -0.4 is 0 Å². The summed E-state index contributed by atoms with van der Waals surface area (Å²) in [4.78, 5) is 2.63. The highest BCUT2D eigenvalue weighted by molar-refractivity contribution is 14.1. The molecule has 0 amide bonds. The molecule has 0 saturated carbocycles. The average molecular weight is 263 g/mol. The number of hydrogen-bond acceptors (Lipinski definition) is 1. The summed E-state index contributed by atoms with van der Waals surface area (Å²) in [5, 5.41) is 0. The van der Waals surface area contributed by atoms with Crippen molar-refractivity contribution in [3.8, 4) is 0 Å². The molecule has 2 heteroatoms. The van der Waals surface area contributed by atoms with Crippen LogP contribution in [0.5, 0.6) is 0 Å². The summed E-state index contributed by atoms with van der Waals surface area (Å²) in [6.07, 6.45) is 4.06. The van der Waals surface area contributed by atoms with Crippen LogP contribution in [0.4, 0.5) is 0 Å². The van der Waals surface area contributed by atoms with E-state index in [4.69, 9.17) is 0 Å². The van der Waals surface area contributed by atoms with Crippen molar-refractivity contribution < 1.29 is 0 Å². The highest BCUT2D eigenvalue weighted by atomic mass is 127. The van der Waals surface area contributed by atoms with E-state index in [2.05, 4.69) is 34.1 Å². The zero-order chi connectivity index (χ0) is 7.90. The van der Waals surface area contributed by atoms with Crippen molar-refractivity contribution in [3.05, 3.63) is 12.2 Å². The first-order valence-electron chi connectivity index (χ1n) is 4.24. The van der Waals surface area contributed by atoms with Gasteiger partial charge in [0.05, 0.1) is 0 Å². The number of nitrogens with zero attached hydrogens (tertiary/aromatic N) is 1. The molecule has 0 radical (unpaired) electrons. The monoisotopic (exact) mass is 263 g/mol. The van der Waals surface area contributed by atoms with E-state index in [1.807, 2.05) is 0 Å². The van der Waals surface area contributed by atoms with Gasteiger partial charge in [0.2, 0.25) is 0 Å². The summed E-state index contributed by atoms with van der Waals surface area (Å²) in [7, 11) is 0. The van der Waals surface area contributed by atoms with Crippen LogP contribution in [-0.2, 0) is 0 Å². The lowest BCUT2D eigenvalue weighted by Gasteiger charge is -2.29. The second kappa shape index (κ2) is 2.73. The topological polar surface area (TPSA) is 3.24 Å². The zero-order valence-corrected chi connectivity index (χ0v) is 8.93. The Kier molecular flexibility index (Phi) is 2.00. The minimum atomic E-state index is 0.539.